The van der Waals surface area contributed by atoms with Gasteiger partial charge in [-0.15, -0.1) is 0 Å². The van der Waals surface area contributed by atoms with Crippen LogP contribution in [0.5, 0.6) is 0 Å². The first-order chi connectivity index (χ1) is 5.66. The molecule has 0 spiro atoms. The maximum Gasteiger partial charge on any atom is 0.336 e. The van der Waals surface area contributed by atoms with Gasteiger partial charge in [-0.2, -0.15) is 0 Å². The van der Waals surface area contributed by atoms with Crippen LogP contribution in [0.15, 0.2) is 0 Å². The minimum absolute atomic E-state index is 0.346. The second-order valence-corrected chi connectivity index (χ2v) is 2.02. The zero-order valence-corrected chi connectivity index (χ0v) is 7.86. The highest BCUT2D eigenvalue weighted by Crippen LogP contribution is 2.18. The monoisotopic (exact) mass is 180 g/mol. The molecular formula is C7H16O5. The summed E-state index contributed by atoms with van der Waals surface area (Å²) < 4.78 is 19.4. The van der Waals surface area contributed by atoms with Crippen LogP contribution in [0.4, 0.5) is 0 Å². The van der Waals surface area contributed by atoms with Gasteiger partial charge in [0.15, 0.2) is 0 Å². The average Bonchev–Trinajstić information content (AvgIpc) is 2.09. The fraction of sp³-hybridized carbons (Fsp3) is 1.00. The molecule has 0 saturated heterocycles. The molecule has 0 fully saturated rings. The molecule has 1 unspecified atom stereocenters. The van der Waals surface area contributed by atoms with Crippen molar-refractivity contribution in [3.05, 3.63) is 0 Å². The minimum atomic E-state index is -1.53. The smallest absolute Gasteiger partial charge is 0.336 e. The summed E-state index contributed by atoms with van der Waals surface area (Å²) in [7, 11) is 4.07. The lowest BCUT2D eigenvalue weighted by atomic mass is 10.5. The Morgan fingerprint density at radius 1 is 1.17 bits per heavy atom. The van der Waals surface area contributed by atoms with Gasteiger partial charge in [-0.05, 0) is 6.92 Å². The molecule has 0 bridgehead atoms. The Labute approximate surface area is 72.2 Å². The molecule has 0 aromatic carbocycles. The second-order valence-electron chi connectivity index (χ2n) is 2.02. The molecule has 0 amide bonds. The van der Waals surface area contributed by atoms with Crippen molar-refractivity contribution in [3.63, 3.8) is 0 Å². The molecule has 1 atom stereocenters. The van der Waals surface area contributed by atoms with Crippen LogP contribution < -0.4 is 0 Å². The summed E-state index contributed by atoms with van der Waals surface area (Å²) in [6.45, 7) is 2.09. The number of methoxy groups -OCH3 is 3. The van der Waals surface area contributed by atoms with Gasteiger partial charge in [0.1, 0.15) is 0 Å². The third-order valence-corrected chi connectivity index (χ3v) is 1.48. The molecule has 5 nitrogen and oxygen atoms in total. The van der Waals surface area contributed by atoms with Crippen LogP contribution >= 0.6 is 0 Å². The second kappa shape index (κ2) is 5.45. The van der Waals surface area contributed by atoms with Crippen molar-refractivity contribution >= 4 is 0 Å². The van der Waals surface area contributed by atoms with Crippen LogP contribution in [-0.4, -0.2) is 45.3 Å². The van der Waals surface area contributed by atoms with Crippen molar-refractivity contribution < 1.29 is 24.1 Å². The van der Waals surface area contributed by atoms with Gasteiger partial charge in [0.2, 0.25) is 6.29 Å². The normalized spacial score (nSPS) is 14.8. The van der Waals surface area contributed by atoms with E-state index in [0.717, 1.165) is 0 Å². The summed E-state index contributed by atoms with van der Waals surface area (Å²) in [4.78, 5) is 0. The van der Waals surface area contributed by atoms with Crippen LogP contribution in [0.3, 0.4) is 0 Å². The molecule has 0 aromatic heterocycles. The summed E-state index contributed by atoms with van der Waals surface area (Å²) in [5, 5.41) is 9.36. The summed E-state index contributed by atoms with van der Waals surface area (Å²) in [6, 6.07) is 0. The van der Waals surface area contributed by atoms with Gasteiger partial charge in [-0.3, -0.25) is 0 Å². The van der Waals surface area contributed by atoms with E-state index in [2.05, 4.69) is 0 Å². The molecule has 0 aliphatic rings. The van der Waals surface area contributed by atoms with E-state index >= 15 is 0 Å². The van der Waals surface area contributed by atoms with E-state index < -0.39 is 12.3 Å². The highest BCUT2D eigenvalue weighted by molar-refractivity contribution is 4.58. The van der Waals surface area contributed by atoms with Crippen molar-refractivity contribution in [1.29, 1.82) is 0 Å². The van der Waals surface area contributed by atoms with Gasteiger partial charge in [0.25, 0.3) is 0 Å². The lowest BCUT2D eigenvalue weighted by Crippen LogP contribution is -2.49. The summed E-state index contributed by atoms with van der Waals surface area (Å²) >= 11 is 0. The number of aliphatic hydroxyl groups excluding tert-OH is 1. The summed E-state index contributed by atoms with van der Waals surface area (Å²) in [6.07, 6.45) is -1.26. The maximum atomic E-state index is 9.36. The molecule has 1 N–H and O–H groups in total. The van der Waals surface area contributed by atoms with E-state index in [4.69, 9.17) is 18.9 Å². The quantitative estimate of drug-likeness (QED) is 0.580. The van der Waals surface area contributed by atoms with Crippen LogP contribution in [0.25, 0.3) is 0 Å². The third-order valence-electron chi connectivity index (χ3n) is 1.48. The van der Waals surface area contributed by atoms with E-state index in [1.54, 1.807) is 6.92 Å². The topological polar surface area (TPSA) is 57.2 Å². The Kier molecular flexibility index (Phi) is 5.36. The Bertz CT molecular complexity index is 104. The molecule has 0 radical (unpaired) electrons. The SMILES string of the molecule is CCOC(O)C(OC)(OC)OC. The largest absolute Gasteiger partial charge is 0.362 e. The summed E-state index contributed by atoms with van der Waals surface area (Å²) in [5.41, 5.74) is 0. The van der Waals surface area contributed by atoms with Crippen molar-refractivity contribution in [2.24, 2.45) is 0 Å². The summed E-state index contributed by atoms with van der Waals surface area (Å²) in [5.74, 6) is -1.53. The first-order valence-corrected chi connectivity index (χ1v) is 3.62. The van der Waals surface area contributed by atoms with Gasteiger partial charge < -0.3 is 24.1 Å². The van der Waals surface area contributed by atoms with Gasteiger partial charge >= 0.3 is 5.97 Å². The molecular weight excluding hydrogens is 164 g/mol. The molecule has 5 heteroatoms. The lowest BCUT2D eigenvalue weighted by Gasteiger charge is -2.32. The number of rotatable bonds is 6. The maximum absolute atomic E-state index is 9.36. The third kappa shape index (κ3) is 2.40. The number of aliphatic hydroxyl groups is 1. The van der Waals surface area contributed by atoms with Gasteiger partial charge in [0, 0.05) is 27.9 Å². The molecule has 0 heterocycles. The Morgan fingerprint density at radius 3 is 1.83 bits per heavy atom. The fourth-order valence-corrected chi connectivity index (χ4v) is 0.812. The molecule has 74 valence electrons. The van der Waals surface area contributed by atoms with Crippen LogP contribution in [0, 0.1) is 0 Å². The highest BCUT2D eigenvalue weighted by atomic mass is 16.9. The molecule has 0 aliphatic heterocycles. The predicted octanol–water partition coefficient (Wildman–Crippen LogP) is -0.0657. The van der Waals surface area contributed by atoms with E-state index in [0.29, 0.717) is 6.61 Å². The zero-order chi connectivity index (χ0) is 9.61. The van der Waals surface area contributed by atoms with E-state index in [1.165, 1.54) is 21.3 Å². The Morgan fingerprint density at radius 2 is 1.58 bits per heavy atom. The van der Waals surface area contributed by atoms with Crippen LogP contribution in [0.1, 0.15) is 6.92 Å². The Hall–Kier alpha value is -0.200. The van der Waals surface area contributed by atoms with Crippen LogP contribution in [0.2, 0.25) is 0 Å². The molecule has 0 aliphatic carbocycles. The Balaban J connectivity index is 4.24. The van der Waals surface area contributed by atoms with E-state index in [1.807, 2.05) is 0 Å². The minimum Gasteiger partial charge on any atom is -0.362 e. The van der Waals surface area contributed by atoms with E-state index in [9.17, 15) is 5.11 Å². The molecule has 12 heavy (non-hydrogen) atoms. The standard InChI is InChI=1S/C7H16O5/c1-5-12-6(8)7(9-2,10-3)11-4/h6,8H,5H2,1-4H3. The van der Waals surface area contributed by atoms with Gasteiger partial charge in [-0.25, -0.2) is 0 Å². The van der Waals surface area contributed by atoms with Gasteiger partial charge in [0.05, 0.1) is 0 Å². The van der Waals surface area contributed by atoms with E-state index in [-0.39, 0.29) is 0 Å². The van der Waals surface area contributed by atoms with Crippen molar-refractivity contribution in [1.82, 2.24) is 0 Å². The number of ether oxygens (including phenoxy) is 4. The van der Waals surface area contributed by atoms with Crippen molar-refractivity contribution in [3.8, 4) is 0 Å². The average molecular weight is 180 g/mol. The predicted molar refractivity (Wildman–Crippen MR) is 41.4 cm³/mol. The van der Waals surface area contributed by atoms with Crippen LogP contribution in [-0.2, 0) is 18.9 Å². The van der Waals surface area contributed by atoms with Gasteiger partial charge in [-0.1, -0.05) is 0 Å². The number of hydrogen-bond donors (Lipinski definition) is 1. The first-order valence-electron chi connectivity index (χ1n) is 3.62. The van der Waals surface area contributed by atoms with Crippen molar-refractivity contribution in [2.45, 2.75) is 19.2 Å². The lowest BCUT2D eigenvalue weighted by molar-refractivity contribution is -0.429. The zero-order valence-electron chi connectivity index (χ0n) is 7.86. The number of hydrogen-bond acceptors (Lipinski definition) is 5. The molecule has 0 rings (SSSR count). The van der Waals surface area contributed by atoms with Crippen molar-refractivity contribution in [2.75, 3.05) is 27.9 Å². The fourth-order valence-electron chi connectivity index (χ4n) is 0.812. The highest BCUT2D eigenvalue weighted by Gasteiger charge is 2.40. The molecule has 0 aromatic rings. The molecule has 0 saturated carbocycles. The first kappa shape index (κ1) is 11.8.